The molecule has 0 aliphatic carbocycles. The fraction of sp³-hybridized carbons (Fsp3) is 0.448. The fourth-order valence-corrected chi connectivity index (χ4v) is 5.32. The van der Waals surface area contributed by atoms with Gasteiger partial charge in [-0.3, -0.25) is 14.6 Å². The quantitative estimate of drug-likeness (QED) is 0.396. The number of hydrogen-bond donors (Lipinski definition) is 2. The van der Waals surface area contributed by atoms with Gasteiger partial charge in [-0.25, -0.2) is 4.79 Å². The largest absolute Gasteiger partial charge is 0.491 e. The van der Waals surface area contributed by atoms with E-state index in [1.165, 1.54) is 4.90 Å². The van der Waals surface area contributed by atoms with Crippen molar-refractivity contribution in [1.29, 1.82) is 0 Å². The summed E-state index contributed by atoms with van der Waals surface area (Å²) in [4.78, 5) is 30.2. The van der Waals surface area contributed by atoms with Crippen LogP contribution in [0, 0.1) is 17.8 Å². The van der Waals surface area contributed by atoms with Gasteiger partial charge in [0.25, 0.3) is 5.91 Å². The zero-order valence-electron chi connectivity index (χ0n) is 20.9. The first-order chi connectivity index (χ1) is 17.6. The summed E-state index contributed by atoms with van der Waals surface area (Å²) < 4.78 is 5.55. The lowest BCUT2D eigenvalue weighted by molar-refractivity contribution is -0.134. The third-order valence-electron chi connectivity index (χ3n) is 7.22. The number of hydrogen-bond acceptors (Lipinski definition) is 5. The van der Waals surface area contributed by atoms with Crippen LogP contribution in [0.5, 0.6) is 5.75 Å². The number of aliphatic hydroxyl groups is 1. The Morgan fingerprint density at radius 3 is 2.56 bits per heavy atom. The fourth-order valence-electron chi connectivity index (χ4n) is 5.32. The van der Waals surface area contributed by atoms with Gasteiger partial charge in [0.05, 0.1) is 13.2 Å². The van der Waals surface area contributed by atoms with Crippen molar-refractivity contribution in [2.24, 2.45) is 5.92 Å². The maximum Gasteiger partial charge on any atom is 0.325 e. The Balaban J connectivity index is 1.45. The number of ether oxygens (including phenoxy) is 1. The van der Waals surface area contributed by atoms with Crippen LogP contribution in [0.3, 0.4) is 0 Å². The summed E-state index contributed by atoms with van der Waals surface area (Å²) in [5.74, 6) is 6.35. The number of nitrogens with zero attached hydrogens (tertiary/aromatic N) is 2. The number of carbonyl (C=O) groups is 2. The second-order valence-electron chi connectivity index (χ2n) is 9.48. The van der Waals surface area contributed by atoms with E-state index in [-0.39, 0.29) is 37.6 Å². The van der Waals surface area contributed by atoms with E-state index in [1.54, 1.807) is 6.92 Å². The molecule has 2 N–H and O–H groups in total. The highest BCUT2D eigenvalue weighted by atomic mass is 16.5. The van der Waals surface area contributed by atoms with Gasteiger partial charge in [-0.15, -0.1) is 5.92 Å². The van der Waals surface area contributed by atoms with Gasteiger partial charge < -0.3 is 15.2 Å². The van der Waals surface area contributed by atoms with Gasteiger partial charge in [0, 0.05) is 6.54 Å². The summed E-state index contributed by atoms with van der Waals surface area (Å²) in [6, 6.07) is 17.7. The summed E-state index contributed by atoms with van der Waals surface area (Å²) in [6.07, 6.45) is 2.96. The molecule has 2 fully saturated rings. The Bertz CT molecular complexity index is 1100. The molecule has 2 saturated heterocycles. The zero-order chi connectivity index (χ0) is 25.4. The number of nitrogens with one attached hydrogen (secondary N) is 1. The SMILES string of the molecule is CC#CCN1C(=O)NC(CCc2ccccc2)(C2CCN(Cc3cccc(OCCO)c3)CC2)C1=O. The number of likely N-dealkylation sites (tertiary alicyclic amines) is 1. The van der Waals surface area contributed by atoms with Crippen LogP contribution < -0.4 is 10.1 Å². The number of amides is 3. The first-order valence-electron chi connectivity index (χ1n) is 12.7. The summed E-state index contributed by atoms with van der Waals surface area (Å²) in [5.41, 5.74) is 1.41. The van der Waals surface area contributed by atoms with Crippen molar-refractivity contribution >= 4 is 11.9 Å². The Morgan fingerprint density at radius 1 is 1.08 bits per heavy atom. The molecule has 7 nitrogen and oxygen atoms in total. The first-order valence-corrected chi connectivity index (χ1v) is 12.7. The Labute approximate surface area is 213 Å². The van der Waals surface area contributed by atoms with Crippen LogP contribution in [0.4, 0.5) is 4.79 Å². The summed E-state index contributed by atoms with van der Waals surface area (Å²) in [7, 11) is 0. The summed E-state index contributed by atoms with van der Waals surface area (Å²) in [6.45, 7) is 4.59. The van der Waals surface area contributed by atoms with Gasteiger partial charge in [0.1, 0.15) is 17.9 Å². The highest BCUT2D eigenvalue weighted by molar-refractivity contribution is 6.07. The number of rotatable bonds is 10. The third-order valence-corrected chi connectivity index (χ3v) is 7.22. The van der Waals surface area contributed by atoms with E-state index in [9.17, 15) is 9.59 Å². The maximum absolute atomic E-state index is 13.7. The van der Waals surface area contributed by atoms with Gasteiger partial charge in [-0.05, 0) is 74.9 Å². The van der Waals surface area contributed by atoms with Crippen LogP contribution in [0.1, 0.15) is 37.3 Å². The van der Waals surface area contributed by atoms with E-state index in [4.69, 9.17) is 9.84 Å². The molecule has 3 amide bonds. The van der Waals surface area contributed by atoms with E-state index in [2.05, 4.69) is 40.3 Å². The number of aryl methyl sites for hydroxylation is 1. The molecule has 2 aromatic rings. The lowest BCUT2D eigenvalue weighted by atomic mass is 9.74. The predicted molar refractivity (Wildman–Crippen MR) is 138 cm³/mol. The van der Waals surface area contributed by atoms with Crippen molar-refractivity contribution in [3.63, 3.8) is 0 Å². The Morgan fingerprint density at radius 2 is 1.83 bits per heavy atom. The predicted octanol–water partition coefficient (Wildman–Crippen LogP) is 3.22. The standard InChI is InChI=1S/C29H35N3O4/c1-2-3-16-32-27(34)29(30-28(32)35,15-12-23-8-5-4-6-9-23)25-13-17-31(18-14-25)22-24-10-7-11-26(21-24)36-20-19-33/h4-11,21,25,33H,12-20,22H2,1H3,(H,30,35). The number of benzene rings is 2. The monoisotopic (exact) mass is 489 g/mol. The summed E-state index contributed by atoms with van der Waals surface area (Å²) in [5, 5.41) is 12.1. The molecule has 2 aromatic carbocycles. The third kappa shape index (κ3) is 5.89. The van der Waals surface area contributed by atoms with Gasteiger partial charge in [-0.1, -0.05) is 48.4 Å². The smallest absolute Gasteiger partial charge is 0.325 e. The lowest BCUT2D eigenvalue weighted by Crippen LogP contribution is -2.56. The molecule has 4 rings (SSSR count). The van der Waals surface area contributed by atoms with Crippen LogP contribution in [0.15, 0.2) is 54.6 Å². The molecule has 1 unspecified atom stereocenters. The van der Waals surface area contributed by atoms with E-state index in [0.717, 1.165) is 55.8 Å². The molecule has 0 radical (unpaired) electrons. The molecule has 2 aliphatic heterocycles. The minimum absolute atomic E-state index is 0.0124. The maximum atomic E-state index is 13.7. The van der Waals surface area contributed by atoms with E-state index in [0.29, 0.717) is 6.42 Å². The number of aliphatic hydroxyl groups excluding tert-OH is 1. The average Bonchev–Trinajstić information content (AvgIpc) is 3.15. The highest BCUT2D eigenvalue weighted by Crippen LogP contribution is 2.37. The molecular formula is C29H35N3O4. The number of imide groups is 1. The van der Waals surface area contributed by atoms with Crippen LogP contribution in [-0.2, 0) is 17.8 Å². The topological polar surface area (TPSA) is 82.1 Å². The molecule has 0 spiro atoms. The number of piperidine rings is 1. The second kappa shape index (κ2) is 12.1. The van der Waals surface area contributed by atoms with Crippen LogP contribution in [0.2, 0.25) is 0 Å². The van der Waals surface area contributed by atoms with Gasteiger partial charge in [0.2, 0.25) is 0 Å². The van der Waals surface area contributed by atoms with E-state index in [1.807, 2.05) is 36.4 Å². The highest BCUT2D eigenvalue weighted by Gasteiger charge is 2.55. The van der Waals surface area contributed by atoms with Crippen LogP contribution in [0.25, 0.3) is 0 Å². The minimum atomic E-state index is -0.896. The van der Waals surface area contributed by atoms with Crippen molar-refractivity contribution in [2.75, 3.05) is 32.8 Å². The summed E-state index contributed by atoms with van der Waals surface area (Å²) >= 11 is 0. The molecule has 7 heteroatoms. The van der Waals surface area contributed by atoms with E-state index < -0.39 is 5.54 Å². The van der Waals surface area contributed by atoms with Gasteiger partial charge in [0.15, 0.2) is 0 Å². The minimum Gasteiger partial charge on any atom is -0.491 e. The van der Waals surface area contributed by atoms with Crippen molar-refractivity contribution in [3.8, 4) is 17.6 Å². The van der Waals surface area contributed by atoms with E-state index >= 15 is 0 Å². The molecule has 0 bridgehead atoms. The van der Waals surface area contributed by atoms with Gasteiger partial charge in [-0.2, -0.15) is 0 Å². The molecule has 2 aliphatic rings. The van der Waals surface area contributed by atoms with Crippen molar-refractivity contribution in [2.45, 2.75) is 44.7 Å². The van der Waals surface area contributed by atoms with Crippen LogP contribution >= 0.6 is 0 Å². The Hall–Kier alpha value is -3.34. The van der Waals surface area contributed by atoms with Crippen molar-refractivity contribution in [3.05, 3.63) is 65.7 Å². The van der Waals surface area contributed by atoms with Gasteiger partial charge >= 0.3 is 6.03 Å². The Kier molecular flexibility index (Phi) is 8.63. The normalized spacial score (nSPS) is 20.7. The molecule has 1 atom stereocenters. The molecule has 0 aromatic heterocycles. The number of carbonyl (C=O) groups excluding carboxylic acids is 2. The second-order valence-corrected chi connectivity index (χ2v) is 9.48. The molecule has 190 valence electrons. The lowest BCUT2D eigenvalue weighted by Gasteiger charge is -2.41. The van der Waals surface area contributed by atoms with Crippen LogP contribution in [-0.4, -0.2) is 65.2 Å². The molecule has 2 heterocycles. The molecule has 36 heavy (non-hydrogen) atoms. The first kappa shape index (κ1) is 25.7. The number of urea groups is 1. The average molecular weight is 490 g/mol. The zero-order valence-corrected chi connectivity index (χ0v) is 20.9. The molecular weight excluding hydrogens is 454 g/mol. The van der Waals surface area contributed by atoms with Crippen molar-refractivity contribution in [1.82, 2.24) is 15.1 Å². The molecule has 0 saturated carbocycles. The van der Waals surface area contributed by atoms with Crippen molar-refractivity contribution < 1.29 is 19.4 Å².